The Labute approximate surface area is 298 Å². The lowest BCUT2D eigenvalue weighted by molar-refractivity contribution is -0.157. The van der Waals surface area contributed by atoms with E-state index in [0.29, 0.717) is 27.8 Å². The van der Waals surface area contributed by atoms with Crippen molar-refractivity contribution in [3.05, 3.63) is 104 Å². The lowest BCUT2D eigenvalue weighted by Crippen LogP contribution is -2.41. The van der Waals surface area contributed by atoms with Crippen LogP contribution in [0.2, 0.25) is 10.0 Å². The number of carbonyl (C=O) groups excluding carboxylic acids is 2. The number of fused-ring (bicyclic) bond motifs is 1. The number of nitrogens with zero attached hydrogens (tertiary/aromatic N) is 3. The number of aryl methyl sites for hydroxylation is 2. The van der Waals surface area contributed by atoms with Gasteiger partial charge in [0, 0.05) is 29.1 Å². The summed E-state index contributed by atoms with van der Waals surface area (Å²) >= 11 is 12.3. The minimum atomic E-state index is -3.74. The number of sulfonamides is 1. The van der Waals surface area contributed by atoms with Gasteiger partial charge in [0.15, 0.2) is 6.61 Å². The van der Waals surface area contributed by atoms with Crippen LogP contribution in [0.15, 0.2) is 70.2 Å². The van der Waals surface area contributed by atoms with E-state index in [9.17, 15) is 18.0 Å². The number of esters is 1. The molecule has 3 aromatic carbocycles. The molecule has 2 unspecified atom stereocenters. The Kier molecular flexibility index (Phi) is 10.4. The second-order valence-corrected chi connectivity index (χ2v) is 16.1. The summed E-state index contributed by atoms with van der Waals surface area (Å²) in [7, 11) is -3.74. The van der Waals surface area contributed by atoms with Gasteiger partial charge in [0.2, 0.25) is 10.0 Å². The zero-order valence-corrected chi connectivity index (χ0v) is 30.5. The fourth-order valence-electron chi connectivity index (χ4n) is 7.31. The Morgan fingerprint density at radius 2 is 1.49 bits per heavy atom. The number of hydrazone groups is 1. The molecule has 2 fully saturated rings. The quantitative estimate of drug-likeness (QED) is 0.231. The number of allylic oxidation sites excluding steroid dienone is 1. The van der Waals surface area contributed by atoms with Crippen LogP contribution in [-0.4, -0.2) is 55.0 Å². The molecule has 2 heterocycles. The molecular weight excluding hydrogens is 681 g/mol. The average Bonchev–Trinajstić information content (AvgIpc) is 3.48. The highest BCUT2D eigenvalue weighted by Gasteiger charge is 2.44. The molecule has 1 amide bonds. The number of benzene rings is 3. The van der Waals surface area contributed by atoms with Gasteiger partial charge < -0.3 is 4.74 Å². The molecule has 2 aliphatic heterocycles. The van der Waals surface area contributed by atoms with Crippen LogP contribution in [0.25, 0.3) is 6.08 Å². The smallest absolute Gasteiger partial charge is 0.309 e. The third kappa shape index (κ3) is 7.22. The lowest BCUT2D eigenvalue weighted by Gasteiger charge is -2.31. The van der Waals surface area contributed by atoms with Crippen molar-refractivity contribution in [2.24, 2.45) is 16.9 Å². The summed E-state index contributed by atoms with van der Waals surface area (Å²) in [5.74, 6) is -1.44. The summed E-state index contributed by atoms with van der Waals surface area (Å²) < 4.78 is 34.5. The first-order chi connectivity index (χ1) is 23.3. The van der Waals surface area contributed by atoms with E-state index in [1.54, 1.807) is 12.1 Å². The highest BCUT2D eigenvalue weighted by molar-refractivity contribution is 7.89. The minimum Gasteiger partial charge on any atom is -0.455 e. The maximum absolute atomic E-state index is 13.8. The van der Waals surface area contributed by atoms with Crippen molar-refractivity contribution in [1.82, 2.24) is 9.31 Å². The summed E-state index contributed by atoms with van der Waals surface area (Å²) in [4.78, 5) is 27.4. The van der Waals surface area contributed by atoms with E-state index in [-0.39, 0.29) is 25.0 Å². The fourth-order valence-corrected chi connectivity index (χ4v) is 9.60. The first-order valence-electron chi connectivity index (χ1n) is 16.7. The number of hydrogen-bond donors (Lipinski definition) is 0. The summed E-state index contributed by atoms with van der Waals surface area (Å²) in [5.41, 5.74) is 7.20. The van der Waals surface area contributed by atoms with E-state index >= 15 is 0 Å². The second kappa shape index (κ2) is 14.4. The first-order valence-corrected chi connectivity index (χ1v) is 18.9. The van der Waals surface area contributed by atoms with E-state index in [0.717, 1.165) is 63.9 Å². The van der Waals surface area contributed by atoms with E-state index in [1.807, 2.05) is 70.2 Å². The number of ether oxygens (including phenoxy) is 1. The Morgan fingerprint density at radius 3 is 2.10 bits per heavy atom. The van der Waals surface area contributed by atoms with Crippen molar-refractivity contribution in [2.45, 2.75) is 70.7 Å². The maximum Gasteiger partial charge on any atom is 0.309 e. The number of piperidine rings is 1. The summed E-state index contributed by atoms with van der Waals surface area (Å²) in [6.07, 6.45) is 5.37. The van der Waals surface area contributed by atoms with Crippen LogP contribution in [0.1, 0.15) is 71.5 Å². The van der Waals surface area contributed by atoms with E-state index in [2.05, 4.69) is 6.08 Å². The minimum absolute atomic E-state index is 0.0242. The highest BCUT2D eigenvalue weighted by Crippen LogP contribution is 2.44. The predicted octanol–water partition coefficient (Wildman–Crippen LogP) is 7.99. The van der Waals surface area contributed by atoms with Gasteiger partial charge in [-0.1, -0.05) is 53.5 Å². The molecule has 258 valence electrons. The van der Waals surface area contributed by atoms with Gasteiger partial charge in [-0.15, -0.1) is 0 Å². The standard InChI is InChI=1S/C38H41Cl2N3O5S/c1-23-20-24(2)26(4)37(25(23)3)49(46,47)42-18-16-29(17-19-42)38(45)48-22-34(44)43-36(28-10-14-32(40)15-11-28)33-7-5-6-30(35(33)41-43)21-27-8-12-31(39)13-9-27/h8-15,20-21,29,33,36H,5-7,16-19,22H2,1-4H3/b30-21-. The third-order valence-electron chi connectivity index (χ3n) is 10.2. The number of carbonyl (C=O) groups is 2. The molecule has 0 spiro atoms. The molecule has 0 bridgehead atoms. The number of amides is 1. The summed E-state index contributed by atoms with van der Waals surface area (Å²) in [5, 5.41) is 7.61. The Balaban J connectivity index is 1.15. The van der Waals surface area contributed by atoms with Crippen molar-refractivity contribution in [1.29, 1.82) is 0 Å². The van der Waals surface area contributed by atoms with Gasteiger partial charge in [-0.2, -0.15) is 9.41 Å². The largest absolute Gasteiger partial charge is 0.455 e. The van der Waals surface area contributed by atoms with E-state index < -0.39 is 34.4 Å². The van der Waals surface area contributed by atoms with E-state index in [4.69, 9.17) is 33.0 Å². The van der Waals surface area contributed by atoms with Crippen molar-refractivity contribution >= 4 is 56.9 Å². The van der Waals surface area contributed by atoms with Crippen LogP contribution in [0.5, 0.6) is 0 Å². The van der Waals surface area contributed by atoms with Crippen molar-refractivity contribution in [3.63, 3.8) is 0 Å². The van der Waals surface area contributed by atoms with Gasteiger partial charge in [0.25, 0.3) is 5.91 Å². The molecule has 8 nitrogen and oxygen atoms in total. The first kappa shape index (κ1) is 35.3. The molecule has 49 heavy (non-hydrogen) atoms. The zero-order valence-electron chi connectivity index (χ0n) is 28.2. The zero-order chi connectivity index (χ0) is 35.0. The van der Waals surface area contributed by atoms with Gasteiger partial charge in [0.1, 0.15) is 0 Å². The predicted molar refractivity (Wildman–Crippen MR) is 193 cm³/mol. The molecule has 1 aliphatic carbocycles. The maximum atomic E-state index is 13.8. The van der Waals surface area contributed by atoms with Crippen LogP contribution < -0.4 is 0 Å². The Morgan fingerprint density at radius 1 is 0.898 bits per heavy atom. The highest BCUT2D eigenvalue weighted by atomic mass is 35.5. The number of halogens is 2. The summed E-state index contributed by atoms with van der Waals surface area (Å²) in [6.45, 7) is 7.45. The average molecular weight is 723 g/mol. The van der Waals surface area contributed by atoms with Gasteiger partial charge >= 0.3 is 5.97 Å². The van der Waals surface area contributed by atoms with Crippen LogP contribution in [-0.2, 0) is 24.3 Å². The molecule has 1 saturated heterocycles. The fraction of sp³-hybridized carbons (Fsp3) is 0.395. The van der Waals surface area contributed by atoms with Gasteiger partial charge in [0.05, 0.1) is 22.6 Å². The molecule has 3 aromatic rings. The molecule has 3 aliphatic rings. The molecular formula is C38H41Cl2N3O5S. The van der Waals surface area contributed by atoms with Crippen molar-refractivity contribution in [2.75, 3.05) is 19.7 Å². The molecule has 11 heteroatoms. The summed E-state index contributed by atoms with van der Waals surface area (Å²) in [6, 6.07) is 16.7. The van der Waals surface area contributed by atoms with Gasteiger partial charge in [-0.05, 0) is 129 Å². The molecule has 2 atom stereocenters. The van der Waals surface area contributed by atoms with Crippen LogP contribution >= 0.6 is 23.2 Å². The van der Waals surface area contributed by atoms with Crippen LogP contribution in [0, 0.1) is 39.5 Å². The SMILES string of the molecule is Cc1cc(C)c(C)c(S(=O)(=O)N2CCC(C(=O)OCC(=O)N3N=C4/C(=C\c5ccc(Cl)cc5)CCCC4C3c3ccc(Cl)cc3)CC2)c1C. The number of rotatable bonds is 7. The normalized spacial score (nSPS) is 21.1. The lowest BCUT2D eigenvalue weighted by atomic mass is 9.77. The third-order valence-corrected chi connectivity index (χ3v) is 12.9. The Hall–Kier alpha value is -3.50. The molecule has 6 rings (SSSR count). The molecule has 0 radical (unpaired) electrons. The van der Waals surface area contributed by atoms with Crippen LogP contribution in [0.3, 0.4) is 0 Å². The number of hydrogen-bond acceptors (Lipinski definition) is 6. The molecule has 0 N–H and O–H groups in total. The van der Waals surface area contributed by atoms with Crippen molar-refractivity contribution < 1.29 is 22.7 Å². The molecule has 0 aromatic heterocycles. The monoisotopic (exact) mass is 721 g/mol. The topological polar surface area (TPSA) is 96.3 Å². The van der Waals surface area contributed by atoms with Crippen molar-refractivity contribution in [3.8, 4) is 0 Å². The van der Waals surface area contributed by atoms with Gasteiger partial charge in [-0.3, -0.25) is 9.59 Å². The second-order valence-electron chi connectivity index (χ2n) is 13.3. The molecule has 1 saturated carbocycles. The van der Waals surface area contributed by atoms with Crippen LogP contribution in [0.4, 0.5) is 0 Å². The van der Waals surface area contributed by atoms with E-state index in [1.165, 1.54) is 9.31 Å². The van der Waals surface area contributed by atoms with Gasteiger partial charge in [-0.25, -0.2) is 13.4 Å². The Bertz CT molecular complexity index is 1910.